The second-order valence-electron chi connectivity index (χ2n) is 11.1. The van der Waals surface area contributed by atoms with E-state index < -0.39 is 35.7 Å². The summed E-state index contributed by atoms with van der Waals surface area (Å²) >= 11 is 0. The van der Waals surface area contributed by atoms with Crippen LogP contribution in [-0.2, 0) is 35.0 Å². The van der Waals surface area contributed by atoms with Crippen LogP contribution in [0.5, 0.6) is 11.5 Å². The molecular weight excluding hydrogens is 518 g/mol. The van der Waals surface area contributed by atoms with Gasteiger partial charge in [-0.15, -0.1) is 0 Å². The molecule has 10 nitrogen and oxygen atoms in total. The molecule has 0 aromatic heterocycles. The van der Waals surface area contributed by atoms with E-state index in [4.69, 9.17) is 29.4 Å². The van der Waals surface area contributed by atoms with Crippen molar-refractivity contribution in [3.63, 3.8) is 0 Å². The Kier molecular flexibility index (Phi) is 14.7. The Morgan fingerprint density at radius 3 is 1.93 bits per heavy atom. The van der Waals surface area contributed by atoms with Crippen LogP contribution in [0.4, 0.5) is 4.79 Å². The van der Waals surface area contributed by atoms with Crippen molar-refractivity contribution in [1.82, 2.24) is 0 Å². The fourth-order valence-electron chi connectivity index (χ4n) is 3.80. The van der Waals surface area contributed by atoms with E-state index in [0.29, 0.717) is 5.56 Å². The average molecular weight is 566 g/mol. The molecule has 3 unspecified atom stereocenters. The van der Waals surface area contributed by atoms with Gasteiger partial charge < -0.3 is 29.4 Å². The van der Waals surface area contributed by atoms with E-state index in [0.717, 1.165) is 12.8 Å². The van der Waals surface area contributed by atoms with Crippen LogP contribution in [0, 0.1) is 17.8 Å². The number of methoxy groups -OCH3 is 1. The van der Waals surface area contributed by atoms with Crippen LogP contribution in [0.2, 0.25) is 0 Å². The highest BCUT2D eigenvalue weighted by molar-refractivity contribution is 5.81. The number of nitrogens with two attached hydrogens (primary N) is 1. The quantitative estimate of drug-likeness (QED) is 0.205. The van der Waals surface area contributed by atoms with E-state index in [1.807, 2.05) is 41.5 Å². The number of carbonyl (C=O) groups excluding carboxylic acids is 4. The van der Waals surface area contributed by atoms with E-state index in [1.54, 1.807) is 13.0 Å². The molecule has 40 heavy (non-hydrogen) atoms. The lowest BCUT2D eigenvalue weighted by atomic mass is 9.86. The Morgan fingerprint density at radius 2 is 1.43 bits per heavy atom. The van der Waals surface area contributed by atoms with Crippen LogP contribution in [0.3, 0.4) is 0 Å². The molecule has 1 aromatic carbocycles. The van der Waals surface area contributed by atoms with Crippen molar-refractivity contribution >= 4 is 24.1 Å². The topological polar surface area (TPSA) is 140 Å². The molecule has 1 aromatic rings. The number of hydrogen-bond acceptors (Lipinski definition) is 10. The minimum Gasteiger partial charge on any atom is -0.468 e. The molecule has 0 aliphatic carbocycles. The summed E-state index contributed by atoms with van der Waals surface area (Å²) in [6.45, 7) is 13.4. The van der Waals surface area contributed by atoms with Gasteiger partial charge in [0.2, 0.25) is 0 Å². The highest BCUT2D eigenvalue weighted by Gasteiger charge is 2.38. The predicted octanol–water partition coefficient (Wildman–Crippen LogP) is 5.37. The van der Waals surface area contributed by atoms with E-state index in [-0.39, 0.29) is 61.5 Å². The van der Waals surface area contributed by atoms with Gasteiger partial charge in [0.25, 0.3) is 0 Å². The zero-order chi connectivity index (χ0) is 30.5. The van der Waals surface area contributed by atoms with Gasteiger partial charge in [0.1, 0.15) is 11.6 Å². The maximum absolute atomic E-state index is 12.8. The van der Waals surface area contributed by atoms with Gasteiger partial charge in [-0.25, -0.2) is 4.79 Å². The van der Waals surface area contributed by atoms with Gasteiger partial charge >= 0.3 is 24.1 Å². The normalized spacial score (nSPS) is 14.8. The molecule has 2 N–H and O–H groups in total. The molecule has 0 amide bonds. The molecule has 0 aliphatic rings. The Balaban J connectivity index is 3.22. The van der Waals surface area contributed by atoms with Crippen molar-refractivity contribution in [3.8, 4) is 11.5 Å². The van der Waals surface area contributed by atoms with Crippen LogP contribution in [0.15, 0.2) is 18.2 Å². The zero-order valence-electron chi connectivity index (χ0n) is 25.2. The van der Waals surface area contributed by atoms with Crippen LogP contribution >= 0.6 is 0 Å². The molecule has 0 saturated heterocycles. The molecular formula is C30H47NO9. The van der Waals surface area contributed by atoms with Gasteiger partial charge in [-0.3, -0.25) is 14.4 Å². The molecule has 0 radical (unpaired) electrons. The minimum atomic E-state index is -1.58. The second kappa shape index (κ2) is 16.8. The number of ether oxygens (including phenoxy) is 5. The summed E-state index contributed by atoms with van der Waals surface area (Å²) in [4.78, 5) is 49.9. The number of carbonyl (C=O) groups is 4. The number of esters is 3. The molecule has 0 aliphatic heterocycles. The van der Waals surface area contributed by atoms with E-state index in [2.05, 4.69) is 0 Å². The first-order valence-corrected chi connectivity index (χ1v) is 14.0. The fraction of sp³-hybridized carbons (Fsp3) is 0.667. The first kappa shape index (κ1) is 34.9. The van der Waals surface area contributed by atoms with Crippen molar-refractivity contribution in [2.45, 2.75) is 98.6 Å². The molecule has 10 heteroatoms. The first-order chi connectivity index (χ1) is 18.7. The molecule has 226 valence electrons. The molecule has 0 bridgehead atoms. The third-order valence-corrected chi connectivity index (χ3v) is 6.47. The monoisotopic (exact) mass is 565 g/mol. The first-order valence-electron chi connectivity index (χ1n) is 14.0. The standard InChI is InChI=1S/C30H47NO9/c1-9-20(5)13-26(32)39-24-12-11-23(15-25(24)40-27(33)14-21(6)10-2)17-30(31,28(34)36-8)16-22(7)38-29(35)37-18-19(3)4/h11-12,15,19-22H,9-10,13-14,16-18,31H2,1-8H3/t20?,21?,22-,30?/m0/s1. The minimum absolute atomic E-state index is 0.0363. The maximum Gasteiger partial charge on any atom is 0.508 e. The molecule has 0 fully saturated rings. The summed E-state index contributed by atoms with van der Waals surface area (Å²) in [5.74, 6) is -1.10. The molecule has 1 rings (SSSR count). The van der Waals surface area contributed by atoms with E-state index in [1.165, 1.54) is 19.2 Å². The molecule has 0 heterocycles. The Labute approximate surface area is 238 Å². The highest BCUT2D eigenvalue weighted by atomic mass is 16.7. The summed E-state index contributed by atoms with van der Waals surface area (Å²) in [7, 11) is 1.22. The summed E-state index contributed by atoms with van der Waals surface area (Å²) < 4.78 is 26.4. The van der Waals surface area contributed by atoms with Gasteiger partial charge in [0, 0.05) is 25.7 Å². The maximum atomic E-state index is 12.8. The third kappa shape index (κ3) is 12.4. The van der Waals surface area contributed by atoms with Crippen molar-refractivity contribution in [2.24, 2.45) is 23.5 Å². The van der Waals surface area contributed by atoms with Crippen molar-refractivity contribution in [3.05, 3.63) is 23.8 Å². The van der Waals surface area contributed by atoms with Crippen molar-refractivity contribution in [2.75, 3.05) is 13.7 Å². The lowest BCUT2D eigenvalue weighted by Gasteiger charge is -2.29. The largest absolute Gasteiger partial charge is 0.508 e. The van der Waals surface area contributed by atoms with Crippen LogP contribution < -0.4 is 15.2 Å². The van der Waals surface area contributed by atoms with Gasteiger partial charge in [0.15, 0.2) is 11.5 Å². The van der Waals surface area contributed by atoms with Crippen LogP contribution in [0.25, 0.3) is 0 Å². The number of benzene rings is 1. The SMILES string of the molecule is CCC(C)CC(=O)Oc1ccc(CC(N)(C[C@H](C)OC(=O)OCC(C)C)C(=O)OC)cc1OC(=O)CC(C)CC. The third-order valence-electron chi connectivity index (χ3n) is 6.47. The predicted molar refractivity (Wildman–Crippen MR) is 150 cm³/mol. The highest BCUT2D eigenvalue weighted by Crippen LogP contribution is 2.32. The number of rotatable bonds is 16. The second-order valence-corrected chi connectivity index (χ2v) is 11.1. The molecule has 0 spiro atoms. The summed E-state index contributed by atoms with van der Waals surface area (Å²) in [6, 6.07) is 4.66. The summed E-state index contributed by atoms with van der Waals surface area (Å²) in [6.07, 6.45) is 0.289. The summed E-state index contributed by atoms with van der Waals surface area (Å²) in [5.41, 5.74) is 5.45. The summed E-state index contributed by atoms with van der Waals surface area (Å²) in [5, 5.41) is 0. The van der Waals surface area contributed by atoms with E-state index >= 15 is 0 Å². The zero-order valence-corrected chi connectivity index (χ0v) is 25.2. The van der Waals surface area contributed by atoms with Gasteiger partial charge in [0.05, 0.1) is 13.7 Å². The lowest BCUT2D eigenvalue weighted by molar-refractivity contribution is -0.148. The van der Waals surface area contributed by atoms with Crippen LogP contribution in [-0.4, -0.2) is 49.4 Å². The fourth-order valence-corrected chi connectivity index (χ4v) is 3.80. The van der Waals surface area contributed by atoms with Crippen molar-refractivity contribution in [1.29, 1.82) is 0 Å². The average Bonchev–Trinajstić information content (AvgIpc) is 2.87. The molecule has 4 atom stereocenters. The van der Waals surface area contributed by atoms with E-state index in [9.17, 15) is 19.2 Å². The van der Waals surface area contributed by atoms with Crippen molar-refractivity contribution < 1.29 is 42.9 Å². The Bertz CT molecular complexity index is 993. The Morgan fingerprint density at radius 1 is 0.875 bits per heavy atom. The van der Waals surface area contributed by atoms with Gasteiger partial charge in [-0.2, -0.15) is 0 Å². The lowest BCUT2D eigenvalue weighted by Crippen LogP contribution is -2.53. The number of hydrogen-bond donors (Lipinski definition) is 1. The smallest absolute Gasteiger partial charge is 0.468 e. The van der Waals surface area contributed by atoms with Gasteiger partial charge in [-0.05, 0) is 42.4 Å². The van der Waals surface area contributed by atoms with Gasteiger partial charge in [-0.1, -0.05) is 60.5 Å². The van der Waals surface area contributed by atoms with Crippen LogP contribution in [0.1, 0.15) is 86.1 Å². The molecule has 0 saturated carbocycles. The Hall–Kier alpha value is -3.14.